The molecule has 0 spiro atoms. The third-order valence-corrected chi connectivity index (χ3v) is 13.2. The number of fused-ring (bicyclic) bond motifs is 3. The molecule has 21 heteroatoms. The topological polar surface area (TPSA) is 222 Å². The number of aromatic nitrogens is 4. The van der Waals surface area contributed by atoms with Gasteiger partial charge < -0.3 is 50.1 Å². The van der Waals surface area contributed by atoms with Gasteiger partial charge in [-0.05, 0) is 58.4 Å². The lowest BCUT2D eigenvalue weighted by atomic mass is 9.99. The number of aliphatic hydroxyl groups is 1. The first-order chi connectivity index (χ1) is 32.9. The van der Waals surface area contributed by atoms with Gasteiger partial charge in [0.2, 0.25) is 17.7 Å². The highest BCUT2D eigenvalue weighted by atomic mass is 35.5. The van der Waals surface area contributed by atoms with E-state index in [9.17, 15) is 19.5 Å². The number of carbonyl (C=O) groups excluding carboxylic acids is 3. The molecule has 18 nitrogen and oxygen atoms in total. The summed E-state index contributed by atoms with van der Waals surface area (Å²) >= 11 is 9.32. The van der Waals surface area contributed by atoms with Gasteiger partial charge in [0, 0.05) is 56.7 Å². The Morgan fingerprint density at radius 3 is 1.94 bits per heavy atom. The summed E-state index contributed by atoms with van der Waals surface area (Å²) in [5.74, 6) is 0.668. The molecule has 0 bridgehead atoms. The molecule has 2 aromatic carbocycles. The molecule has 5 N–H and O–H groups in total. The van der Waals surface area contributed by atoms with Crippen molar-refractivity contribution in [2.24, 2.45) is 4.99 Å². The molecule has 0 saturated carbocycles. The molecule has 0 radical (unpaired) electrons. The summed E-state index contributed by atoms with van der Waals surface area (Å²) in [7, 11) is 0. The summed E-state index contributed by atoms with van der Waals surface area (Å²) in [4.78, 5) is 49.9. The number of para-hydroxylation sites is 1. The molecule has 3 amide bonds. The normalized spacial score (nSPS) is 13.6. The molecule has 0 saturated heterocycles. The van der Waals surface area contributed by atoms with E-state index in [1.54, 1.807) is 35.6 Å². The van der Waals surface area contributed by atoms with Crippen molar-refractivity contribution in [3.8, 4) is 5.00 Å². The molecular weight excluding hydrogens is 934 g/mol. The van der Waals surface area contributed by atoms with Crippen LogP contribution < -0.4 is 21.3 Å². The van der Waals surface area contributed by atoms with Crippen molar-refractivity contribution in [1.29, 1.82) is 0 Å². The Hall–Kier alpha value is -5.16. The maximum absolute atomic E-state index is 13.2. The Kier molecular flexibility index (Phi) is 20.4. The minimum absolute atomic E-state index is 0.0501. The summed E-state index contributed by atoms with van der Waals surface area (Å²) in [6.45, 7) is 13.8. The molecule has 6 rings (SSSR count). The van der Waals surface area contributed by atoms with Crippen LogP contribution in [0.4, 0.5) is 10.8 Å². The Labute approximate surface area is 409 Å². The van der Waals surface area contributed by atoms with Crippen LogP contribution in [0.15, 0.2) is 53.5 Å². The van der Waals surface area contributed by atoms with Crippen molar-refractivity contribution in [1.82, 2.24) is 30.4 Å². The van der Waals surface area contributed by atoms with Gasteiger partial charge in [-0.15, -0.1) is 32.9 Å². The SMILES string of the molecule is Cc1nc(NC(O)c2ccccc2NC(=O)CCOCCOCCOCCOCCOCCC(=O)NCCNC(=O)C[C@@H]2N=C(c3ccc(Cl)cc3)c3c(sc(C)c3C)-n3c(C)nnc32)sc1C. The molecule has 0 aliphatic carbocycles. The van der Waals surface area contributed by atoms with Crippen molar-refractivity contribution < 1.29 is 43.2 Å². The van der Waals surface area contributed by atoms with E-state index in [0.29, 0.717) is 85.9 Å². The number of nitrogens with one attached hydrogen (secondary N) is 4. The molecule has 68 heavy (non-hydrogen) atoms. The van der Waals surface area contributed by atoms with E-state index in [1.165, 1.54) is 11.3 Å². The maximum atomic E-state index is 13.2. The number of carbonyl (C=O) groups is 3. The number of amides is 3. The van der Waals surface area contributed by atoms with E-state index < -0.39 is 12.3 Å². The third-order valence-electron chi connectivity index (χ3n) is 10.8. The fourth-order valence-corrected chi connectivity index (χ4v) is 9.15. The second-order valence-corrected chi connectivity index (χ2v) is 18.6. The van der Waals surface area contributed by atoms with Crippen molar-refractivity contribution in [3.63, 3.8) is 0 Å². The number of hydrogen-bond acceptors (Lipinski definition) is 16. The van der Waals surface area contributed by atoms with E-state index in [4.69, 9.17) is 40.3 Å². The number of ether oxygens (including phenoxy) is 5. The van der Waals surface area contributed by atoms with Crippen LogP contribution in [-0.2, 0) is 38.1 Å². The van der Waals surface area contributed by atoms with Gasteiger partial charge in [-0.3, -0.25) is 23.9 Å². The smallest absolute Gasteiger partial charge is 0.226 e. The number of aliphatic imine (C=N–C) groups is 1. The molecule has 4 heterocycles. The number of hydrogen-bond donors (Lipinski definition) is 5. The van der Waals surface area contributed by atoms with Crippen LogP contribution >= 0.6 is 34.3 Å². The molecule has 1 aliphatic heterocycles. The Morgan fingerprint density at radius 1 is 0.735 bits per heavy atom. The van der Waals surface area contributed by atoms with Crippen LogP contribution in [0.25, 0.3) is 5.00 Å². The van der Waals surface area contributed by atoms with Crippen LogP contribution in [0, 0.1) is 34.6 Å². The molecular formula is C47H60ClN9O9S2. The second-order valence-electron chi connectivity index (χ2n) is 15.7. The van der Waals surface area contributed by atoms with Crippen LogP contribution in [0.2, 0.25) is 5.02 Å². The second kappa shape index (κ2) is 26.6. The van der Waals surface area contributed by atoms with Gasteiger partial charge in [0.1, 0.15) is 16.9 Å². The Morgan fingerprint density at radius 2 is 1.32 bits per heavy atom. The summed E-state index contributed by atoms with van der Waals surface area (Å²) in [5, 5.41) is 33.3. The summed E-state index contributed by atoms with van der Waals surface area (Å²) in [5.41, 5.74) is 5.72. The van der Waals surface area contributed by atoms with Crippen molar-refractivity contribution in [2.45, 2.75) is 66.2 Å². The lowest BCUT2D eigenvalue weighted by molar-refractivity contribution is -0.123. The number of aliphatic hydroxyl groups excluding tert-OH is 1. The first kappa shape index (κ1) is 52.2. The first-order valence-electron chi connectivity index (χ1n) is 22.5. The molecule has 366 valence electrons. The highest BCUT2D eigenvalue weighted by Crippen LogP contribution is 2.39. The lowest BCUT2D eigenvalue weighted by Crippen LogP contribution is -2.35. The number of aryl methyl sites for hydroxylation is 4. The molecule has 1 aliphatic rings. The highest BCUT2D eigenvalue weighted by Gasteiger charge is 2.32. The zero-order valence-corrected chi connectivity index (χ0v) is 41.4. The molecule has 5 aromatic rings. The third kappa shape index (κ3) is 15.2. The first-order valence-corrected chi connectivity index (χ1v) is 24.5. The maximum Gasteiger partial charge on any atom is 0.226 e. The monoisotopic (exact) mass is 993 g/mol. The van der Waals surface area contributed by atoms with Crippen molar-refractivity contribution in [2.75, 3.05) is 89.8 Å². The number of halogens is 1. The fraction of sp³-hybridized carbons (Fsp3) is 0.468. The zero-order valence-electron chi connectivity index (χ0n) is 39.0. The fourth-order valence-electron chi connectivity index (χ4n) is 6.98. The van der Waals surface area contributed by atoms with Crippen LogP contribution in [0.3, 0.4) is 0 Å². The predicted molar refractivity (Wildman–Crippen MR) is 262 cm³/mol. The quantitative estimate of drug-likeness (QED) is 0.0283. The predicted octanol–water partition coefficient (Wildman–Crippen LogP) is 6.10. The number of benzene rings is 2. The standard InChI is InChI=1S/C47H60ClN9O9S2/c1-29-31(3)67-46-42(29)43(34-10-12-35(48)13-11-34)53-38(44-56-55-33(5)57(44)46)28-41(60)50-17-16-49-39(58)14-18-62-20-22-64-24-26-66-27-25-65-23-21-63-19-15-40(59)52-37-9-7-6-8-36(37)45(61)54-47-51-30(2)32(4)68-47/h6-13,38,45,61H,14-28H2,1-5H3,(H,49,58)(H,50,60)(H,51,54)(H,52,59)/t38-,45?/m0/s1. The van der Waals surface area contributed by atoms with Crippen molar-refractivity contribution in [3.05, 3.63) is 103 Å². The summed E-state index contributed by atoms with van der Waals surface area (Å²) in [6.07, 6.45) is -0.669. The number of thiophene rings is 1. The van der Waals surface area contributed by atoms with E-state index >= 15 is 0 Å². The van der Waals surface area contributed by atoms with E-state index in [0.717, 1.165) is 42.9 Å². The van der Waals surface area contributed by atoms with Gasteiger partial charge in [-0.25, -0.2) is 4.98 Å². The van der Waals surface area contributed by atoms with Gasteiger partial charge in [-0.1, -0.05) is 41.9 Å². The van der Waals surface area contributed by atoms with Gasteiger partial charge in [-0.2, -0.15) is 0 Å². The minimum Gasteiger partial charge on any atom is -0.379 e. The van der Waals surface area contributed by atoms with Crippen LogP contribution in [0.5, 0.6) is 0 Å². The Bertz CT molecular complexity index is 2460. The summed E-state index contributed by atoms with van der Waals surface area (Å²) in [6, 6.07) is 14.0. The van der Waals surface area contributed by atoms with Crippen LogP contribution in [-0.4, -0.2) is 127 Å². The number of nitrogens with zero attached hydrogens (tertiary/aromatic N) is 5. The van der Waals surface area contributed by atoms with Gasteiger partial charge >= 0.3 is 0 Å². The molecule has 1 unspecified atom stereocenters. The number of anilines is 2. The number of rotatable bonds is 28. The van der Waals surface area contributed by atoms with Crippen molar-refractivity contribution >= 4 is 68.5 Å². The highest BCUT2D eigenvalue weighted by molar-refractivity contribution is 7.15. The van der Waals surface area contributed by atoms with Gasteiger partial charge in [0.25, 0.3) is 0 Å². The van der Waals surface area contributed by atoms with E-state index in [1.807, 2.05) is 49.6 Å². The molecule has 2 atom stereocenters. The van der Waals surface area contributed by atoms with Crippen LogP contribution in [0.1, 0.15) is 80.9 Å². The largest absolute Gasteiger partial charge is 0.379 e. The van der Waals surface area contributed by atoms with E-state index in [2.05, 4.69) is 50.3 Å². The summed E-state index contributed by atoms with van der Waals surface area (Å²) < 4.78 is 29.7. The average molecular weight is 995 g/mol. The minimum atomic E-state index is -1.04. The van der Waals surface area contributed by atoms with E-state index in [-0.39, 0.29) is 63.3 Å². The molecule has 0 fully saturated rings. The van der Waals surface area contributed by atoms with Gasteiger partial charge in [0.05, 0.1) is 90.3 Å². The van der Waals surface area contributed by atoms with Gasteiger partial charge in [0.15, 0.2) is 17.2 Å². The zero-order chi connectivity index (χ0) is 48.4. The average Bonchev–Trinajstić information content (AvgIpc) is 3.92. The molecule has 3 aromatic heterocycles. The Balaban J connectivity index is 0.745. The number of thiazole rings is 1. The lowest BCUT2D eigenvalue weighted by Gasteiger charge is -2.17.